The third kappa shape index (κ3) is 12.1. The number of rotatable bonds is 21. The Hall–Kier alpha value is -3.03. The summed E-state index contributed by atoms with van der Waals surface area (Å²) in [5.41, 5.74) is 4.18. The minimum Gasteiger partial charge on any atom is -0.392 e. The molecule has 1 aliphatic rings. The fourth-order valence-electron chi connectivity index (χ4n) is 6.66. The summed E-state index contributed by atoms with van der Waals surface area (Å²) in [6, 6.07) is 25.2. The van der Waals surface area contributed by atoms with Gasteiger partial charge in [-0.3, -0.25) is 4.79 Å². The molecule has 1 fully saturated rings. The number of carbonyl (C=O) groups excluding carboxylic acids is 1. The van der Waals surface area contributed by atoms with E-state index in [0.717, 1.165) is 36.3 Å². The summed E-state index contributed by atoms with van der Waals surface area (Å²) in [4.78, 5) is 15.6. The summed E-state index contributed by atoms with van der Waals surface area (Å²) >= 11 is 0. The quantitative estimate of drug-likeness (QED) is 0.112. The van der Waals surface area contributed by atoms with E-state index >= 15 is 0 Å². The molecule has 0 radical (unpaired) electrons. The number of nitrogens with one attached hydrogen (secondary N) is 1. The van der Waals surface area contributed by atoms with Crippen molar-refractivity contribution in [2.45, 2.75) is 123 Å². The number of hydrogen-bond donors (Lipinski definition) is 2. The lowest BCUT2D eigenvalue weighted by atomic mass is 9.90. The van der Waals surface area contributed by atoms with Crippen LogP contribution in [0.25, 0.3) is 0 Å². The first-order chi connectivity index (χ1) is 23.5. The Labute approximate surface area is 290 Å². The van der Waals surface area contributed by atoms with Gasteiger partial charge in [-0.15, -0.1) is 0 Å². The van der Waals surface area contributed by atoms with Gasteiger partial charge >= 0.3 is 0 Å². The van der Waals surface area contributed by atoms with Crippen LogP contribution in [0.5, 0.6) is 0 Å². The van der Waals surface area contributed by atoms with Gasteiger partial charge in [0.05, 0.1) is 18.8 Å². The van der Waals surface area contributed by atoms with Crippen LogP contribution in [-0.2, 0) is 16.1 Å². The van der Waals surface area contributed by atoms with Crippen molar-refractivity contribution in [2.75, 3.05) is 25.0 Å². The summed E-state index contributed by atoms with van der Waals surface area (Å²) in [6.45, 7) is 9.86. The molecule has 1 amide bonds. The summed E-state index contributed by atoms with van der Waals surface area (Å²) in [6.07, 6.45) is 14.7. The summed E-state index contributed by atoms with van der Waals surface area (Å²) < 4.78 is 13.6. The maximum Gasteiger partial charge on any atom is 0.255 e. The average molecular weight is 657 g/mol. The Balaban J connectivity index is 1.51. The Morgan fingerprint density at radius 2 is 1.35 bits per heavy atom. The Bertz CT molecular complexity index is 1300. The molecule has 0 saturated carbocycles. The molecule has 3 aromatic carbocycles. The molecule has 6 heteroatoms. The van der Waals surface area contributed by atoms with Crippen molar-refractivity contribution in [3.05, 3.63) is 101 Å². The highest BCUT2D eigenvalue weighted by Crippen LogP contribution is 2.42. The second-order valence-electron chi connectivity index (χ2n) is 13.6. The van der Waals surface area contributed by atoms with Crippen LogP contribution >= 0.6 is 0 Å². The van der Waals surface area contributed by atoms with Crippen LogP contribution in [-0.4, -0.2) is 41.7 Å². The normalized spacial score (nSPS) is 19.4. The molecule has 3 aromatic rings. The van der Waals surface area contributed by atoms with E-state index in [1.807, 2.05) is 66.7 Å². The molecule has 48 heavy (non-hydrogen) atoms. The van der Waals surface area contributed by atoms with Crippen LogP contribution in [0.4, 0.5) is 5.69 Å². The molecule has 4 atom stereocenters. The molecule has 0 bridgehead atoms. The number of ether oxygens (including phenoxy) is 2. The van der Waals surface area contributed by atoms with Gasteiger partial charge in [-0.05, 0) is 61.3 Å². The molecule has 4 rings (SSSR count). The van der Waals surface area contributed by atoms with E-state index in [1.54, 1.807) is 0 Å². The lowest BCUT2D eigenvalue weighted by Crippen LogP contribution is -2.45. The maximum absolute atomic E-state index is 12.9. The van der Waals surface area contributed by atoms with Crippen LogP contribution in [0.2, 0.25) is 0 Å². The van der Waals surface area contributed by atoms with E-state index in [9.17, 15) is 9.90 Å². The van der Waals surface area contributed by atoms with E-state index in [2.05, 4.69) is 43.1 Å². The number of amides is 1. The Morgan fingerprint density at radius 1 is 0.729 bits per heavy atom. The Morgan fingerprint density at radius 3 is 1.98 bits per heavy atom. The number of benzene rings is 3. The predicted octanol–water partition coefficient (Wildman–Crippen LogP) is 10.2. The minimum atomic E-state index is -0.577. The number of unbranched alkanes of at least 4 members (excludes halogenated alkanes) is 10. The van der Waals surface area contributed by atoms with Crippen molar-refractivity contribution >= 4 is 11.6 Å². The van der Waals surface area contributed by atoms with Crippen LogP contribution in [0.1, 0.15) is 137 Å². The molecule has 0 aromatic heterocycles. The van der Waals surface area contributed by atoms with Gasteiger partial charge in [0.25, 0.3) is 5.91 Å². The maximum atomic E-state index is 12.9. The smallest absolute Gasteiger partial charge is 0.255 e. The first-order valence-electron chi connectivity index (χ1n) is 18.7. The largest absolute Gasteiger partial charge is 0.392 e. The van der Waals surface area contributed by atoms with Crippen LogP contribution in [0, 0.1) is 5.92 Å². The molecule has 6 nitrogen and oxygen atoms in total. The molecule has 0 spiro atoms. The molecular formula is C42H60N2O4. The van der Waals surface area contributed by atoms with Crippen molar-refractivity contribution in [3.8, 4) is 0 Å². The van der Waals surface area contributed by atoms with Crippen LogP contribution in [0.15, 0.2) is 78.9 Å². The summed E-state index contributed by atoms with van der Waals surface area (Å²) in [5, 5.41) is 12.7. The zero-order chi connectivity index (χ0) is 34.0. The SMILES string of the molecule is CCCCCCCCN(CCCCCCCC)CC1OC(c2cccc(NC(=O)c3ccccc3)c2)OC(c2ccc(CO)cc2)C1C. The zero-order valence-corrected chi connectivity index (χ0v) is 29.7. The molecule has 1 aliphatic heterocycles. The van der Waals surface area contributed by atoms with E-state index in [0.29, 0.717) is 11.3 Å². The van der Waals surface area contributed by atoms with E-state index < -0.39 is 6.29 Å². The Kier molecular flexibility index (Phi) is 16.6. The number of carbonyl (C=O) groups is 1. The van der Waals surface area contributed by atoms with Gasteiger partial charge in [0.1, 0.15) is 0 Å². The standard InChI is InChI=1S/C42H60N2O4/c1-4-6-8-10-12-17-28-44(29-18-13-11-9-7-5-2)31-39-33(3)40(35-26-24-34(32-45)25-27-35)48-42(47-39)37-22-19-23-38(30-37)43-41(46)36-20-15-14-16-21-36/h14-16,19-27,30,33,39-40,42,45H,4-13,17-18,28-29,31-32H2,1-3H3,(H,43,46). The lowest BCUT2D eigenvalue weighted by Gasteiger charge is -2.43. The number of nitrogens with zero attached hydrogens (tertiary/aromatic N) is 1. The van der Waals surface area contributed by atoms with Gasteiger partial charge in [-0.25, -0.2) is 0 Å². The highest BCUT2D eigenvalue weighted by molar-refractivity contribution is 6.04. The van der Waals surface area contributed by atoms with Gasteiger partial charge in [-0.1, -0.05) is 140 Å². The average Bonchev–Trinajstić information content (AvgIpc) is 3.12. The summed E-state index contributed by atoms with van der Waals surface area (Å²) in [5.74, 6) is -0.0228. The van der Waals surface area contributed by atoms with E-state index in [1.165, 1.54) is 77.0 Å². The van der Waals surface area contributed by atoms with Crippen molar-refractivity contribution < 1.29 is 19.4 Å². The van der Waals surface area contributed by atoms with Crippen molar-refractivity contribution in [2.24, 2.45) is 5.92 Å². The molecule has 4 unspecified atom stereocenters. The molecular weight excluding hydrogens is 596 g/mol. The molecule has 262 valence electrons. The van der Waals surface area contributed by atoms with Crippen LogP contribution < -0.4 is 5.32 Å². The van der Waals surface area contributed by atoms with Gasteiger partial charge in [0.2, 0.25) is 0 Å². The van der Waals surface area contributed by atoms with E-state index in [-0.39, 0.29) is 30.6 Å². The second-order valence-corrected chi connectivity index (χ2v) is 13.6. The number of aliphatic hydroxyl groups is 1. The molecule has 0 aliphatic carbocycles. The van der Waals surface area contributed by atoms with Crippen molar-refractivity contribution in [3.63, 3.8) is 0 Å². The molecule has 2 N–H and O–H groups in total. The summed E-state index contributed by atoms with van der Waals surface area (Å²) in [7, 11) is 0. The number of aliphatic hydroxyl groups excluding tert-OH is 1. The topological polar surface area (TPSA) is 71.0 Å². The predicted molar refractivity (Wildman–Crippen MR) is 197 cm³/mol. The van der Waals surface area contributed by atoms with Gasteiger partial charge in [-0.2, -0.15) is 0 Å². The third-order valence-electron chi connectivity index (χ3n) is 9.67. The monoisotopic (exact) mass is 656 g/mol. The van der Waals surface area contributed by atoms with E-state index in [4.69, 9.17) is 9.47 Å². The highest BCUT2D eigenvalue weighted by atomic mass is 16.7. The minimum absolute atomic E-state index is 0.0169. The first kappa shape index (κ1) is 37.8. The fourth-order valence-corrected chi connectivity index (χ4v) is 6.66. The fraction of sp³-hybridized carbons (Fsp3) is 0.548. The van der Waals surface area contributed by atoms with Crippen LogP contribution in [0.3, 0.4) is 0 Å². The number of hydrogen-bond acceptors (Lipinski definition) is 5. The lowest BCUT2D eigenvalue weighted by molar-refractivity contribution is -0.276. The third-order valence-corrected chi connectivity index (χ3v) is 9.67. The van der Waals surface area contributed by atoms with Gasteiger partial charge in [0.15, 0.2) is 6.29 Å². The molecule has 1 saturated heterocycles. The first-order valence-corrected chi connectivity index (χ1v) is 18.7. The van der Waals surface area contributed by atoms with Gasteiger partial charge in [0, 0.05) is 29.3 Å². The second kappa shape index (κ2) is 21.1. The zero-order valence-electron chi connectivity index (χ0n) is 29.7. The molecule has 1 heterocycles. The number of anilines is 1. The van der Waals surface area contributed by atoms with Crippen molar-refractivity contribution in [1.29, 1.82) is 0 Å². The highest BCUT2D eigenvalue weighted by Gasteiger charge is 2.39. The van der Waals surface area contributed by atoms with Crippen molar-refractivity contribution in [1.82, 2.24) is 4.90 Å². The van der Waals surface area contributed by atoms with Gasteiger partial charge < -0.3 is 24.8 Å².